The Hall–Kier alpha value is 1.16. The number of hydrogen-bond acceptors (Lipinski definition) is 3. The minimum atomic E-state index is -1.18. The summed E-state index contributed by atoms with van der Waals surface area (Å²) >= 11 is 0. The molecular formula is C11H28BNS2Si2. The highest BCUT2D eigenvalue weighted by Crippen LogP contribution is 2.47. The van der Waals surface area contributed by atoms with Gasteiger partial charge in [-0.1, -0.05) is 52.6 Å². The lowest BCUT2D eigenvalue weighted by Gasteiger charge is -2.46. The fraction of sp³-hybridized carbons (Fsp3) is 1.00. The molecule has 1 nitrogen and oxygen atoms in total. The second-order valence-corrected chi connectivity index (χ2v) is 19.8. The van der Waals surface area contributed by atoms with Crippen LogP contribution in [0.1, 0.15) is 19.8 Å². The molecule has 17 heavy (non-hydrogen) atoms. The van der Waals surface area contributed by atoms with Crippen molar-refractivity contribution in [1.29, 1.82) is 0 Å². The standard InChI is InChI=1S/C11H28BNS2Si2/c1-8-9-11-10-12(15-14-11)13(16(2,3)4)17(5,6)7/h11H,8-10H2,1-7H3. The van der Waals surface area contributed by atoms with Crippen molar-refractivity contribution < 1.29 is 0 Å². The second-order valence-electron chi connectivity index (χ2n) is 7.01. The fourth-order valence-corrected chi connectivity index (χ4v) is 18.9. The molecule has 1 unspecified atom stereocenters. The fourth-order valence-electron chi connectivity index (χ4n) is 2.95. The quantitative estimate of drug-likeness (QED) is 0.519. The molecule has 1 heterocycles. The van der Waals surface area contributed by atoms with E-state index in [0.717, 1.165) is 11.4 Å². The van der Waals surface area contributed by atoms with Crippen molar-refractivity contribution in [2.75, 3.05) is 0 Å². The Morgan fingerprint density at radius 1 is 1.12 bits per heavy atom. The van der Waals surface area contributed by atoms with E-state index in [4.69, 9.17) is 0 Å². The van der Waals surface area contributed by atoms with Gasteiger partial charge in [0.15, 0.2) is 0 Å². The van der Waals surface area contributed by atoms with Crippen molar-refractivity contribution in [3.8, 4) is 0 Å². The summed E-state index contributed by atoms with van der Waals surface area (Å²) in [6.07, 6.45) is 4.96. The van der Waals surface area contributed by atoms with Gasteiger partial charge in [0, 0.05) is 5.25 Å². The minimum absolute atomic E-state index is 0.801. The molecular weight excluding hydrogens is 277 g/mol. The van der Waals surface area contributed by atoms with E-state index in [9.17, 15) is 0 Å². The minimum Gasteiger partial charge on any atom is -0.378 e. The van der Waals surface area contributed by atoms with Crippen LogP contribution in [0.2, 0.25) is 45.6 Å². The van der Waals surface area contributed by atoms with Gasteiger partial charge in [-0.15, -0.1) is 21.4 Å². The van der Waals surface area contributed by atoms with E-state index < -0.39 is 16.5 Å². The Labute approximate surface area is 118 Å². The first-order valence-electron chi connectivity index (χ1n) is 6.78. The van der Waals surface area contributed by atoms with Gasteiger partial charge in [0.2, 0.25) is 0 Å². The van der Waals surface area contributed by atoms with Crippen LogP contribution in [0, 0.1) is 0 Å². The first-order valence-corrected chi connectivity index (χ1v) is 15.9. The van der Waals surface area contributed by atoms with Crippen LogP contribution < -0.4 is 0 Å². The van der Waals surface area contributed by atoms with Gasteiger partial charge in [-0.05, 0) is 12.7 Å². The highest BCUT2D eigenvalue weighted by Gasteiger charge is 2.45. The predicted molar refractivity (Wildman–Crippen MR) is 93.0 cm³/mol. The zero-order chi connectivity index (χ0) is 13.3. The molecule has 0 spiro atoms. The number of nitrogens with zero attached hydrogens (tertiary/aromatic N) is 1. The van der Waals surface area contributed by atoms with Crippen LogP contribution in [0.5, 0.6) is 0 Å². The molecule has 0 aromatic carbocycles. The number of hydrogen-bond donors (Lipinski definition) is 0. The van der Waals surface area contributed by atoms with E-state index in [1.807, 2.05) is 0 Å². The third-order valence-electron chi connectivity index (χ3n) is 3.11. The molecule has 0 saturated carbocycles. The molecule has 6 heteroatoms. The molecule has 0 aliphatic carbocycles. The van der Waals surface area contributed by atoms with E-state index in [1.165, 1.54) is 19.2 Å². The molecule has 0 aromatic heterocycles. The molecule has 0 radical (unpaired) electrons. The molecule has 0 bridgehead atoms. The molecule has 1 saturated heterocycles. The van der Waals surface area contributed by atoms with Crippen LogP contribution in [-0.4, -0.2) is 32.0 Å². The highest BCUT2D eigenvalue weighted by atomic mass is 33.1. The van der Waals surface area contributed by atoms with E-state index in [2.05, 4.69) is 71.8 Å². The van der Waals surface area contributed by atoms with E-state index >= 15 is 0 Å². The molecule has 0 aromatic rings. The molecule has 1 aliphatic rings. The Morgan fingerprint density at radius 3 is 2.06 bits per heavy atom. The largest absolute Gasteiger partial charge is 0.378 e. The van der Waals surface area contributed by atoms with E-state index in [0.29, 0.717) is 0 Å². The average molecular weight is 305 g/mol. The van der Waals surface area contributed by atoms with Crippen molar-refractivity contribution in [2.24, 2.45) is 0 Å². The molecule has 0 N–H and O–H groups in total. The molecule has 1 fully saturated rings. The summed E-state index contributed by atoms with van der Waals surface area (Å²) in [4.78, 5) is 0. The lowest BCUT2D eigenvalue weighted by molar-refractivity contribution is 0.777. The summed E-state index contributed by atoms with van der Waals surface area (Å²) in [6, 6.07) is 0. The summed E-state index contributed by atoms with van der Waals surface area (Å²) in [5.41, 5.74) is 0. The maximum atomic E-state index is 2.98. The van der Waals surface area contributed by atoms with Gasteiger partial charge in [0.1, 0.15) is 16.5 Å². The van der Waals surface area contributed by atoms with Crippen LogP contribution in [0.15, 0.2) is 0 Å². The predicted octanol–water partition coefficient (Wildman–Crippen LogP) is 5.01. The van der Waals surface area contributed by atoms with Gasteiger partial charge >= 0.3 is 0 Å². The van der Waals surface area contributed by atoms with Gasteiger partial charge < -0.3 is 4.14 Å². The molecule has 100 valence electrons. The third-order valence-corrected chi connectivity index (χ3v) is 14.3. The third kappa shape index (κ3) is 4.64. The Morgan fingerprint density at radius 2 is 1.65 bits per heavy atom. The number of rotatable bonds is 5. The van der Waals surface area contributed by atoms with Crippen LogP contribution >= 0.6 is 21.4 Å². The van der Waals surface area contributed by atoms with E-state index in [-0.39, 0.29) is 0 Å². The maximum absolute atomic E-state index is 2.98. The van der Waals surface area contributed by atoms with Crippen molar-refractivity contribution in [2.45, 2.75) is 70.6 Å². The van der Waals surface area contributed by atoms with Crippen LogP contribution in [0.25, 0.3) is 0 Å². The van der Waals surface area contributed by atoms with Crippen molar-refractivity contribution in [1.82, 2.24) is 4.14 Å². The maximum Gasteiger partial charge on any atom is 0.291 e. The molecule has 1 atom stereocenters. The van der Waals surface area contributed by atoms with Gasteiger partial charge in [-0.25, -0.2) is 0 Å². The summed E-state index contributed by atoms with van der Waals surface area (Å²) in [7, 11) is 1.96. The smallest absolute Gasteiger partial charge is 0.291 e. The van der Waals surface area contributed by atoms with Crippen LogP contribution in [0.4, 0.5) is 0 Å². The Kier molecular flexibility index (Phi) is 5.79. The van der Waals surface area contributed by atoms with E-state index in [1.54, 1.807) is 0 Å². The molecule has 1 rings (SSSR count). The zero-order valence-electron chi connectivity index (χ0n) is 12.5. The first-order chi connectivity index (χ1) is 7.66. The average Bonchev–Trinajstić information content (AvgIpc) is 2.47. The van der Waals surface area contributed by atoms with Crippen LogP contribution in [-0.2, 0) is 0 Å². The van der Waals surface area contributed by atoms with Crippen molar-refractivity contribution >= 4 is 44.0 Å². The Bertz CT molecular complexity index is 239. The van der Waals surface area contributed by atoms with Gasteiger partial charge in [0.25, 0.3) is 6.13 Å². The molecule has 1 aliphatic heterocycles. The van der Waals surface area contributed by atoms with Crippen LogP contribution in [0.3, 0.4) is 0 Å². The summed E-state index contributed by atoms with van der Waals surface area (Å²) in [5, 5.41) is 0.908. The molecule has 0 amide bonds. The lowest BCUT2D eigenvalue weighted by Crippen LogP contribution is -2.64. The van der Waals surface area contributed by atoms with Crippen molar-refractivity contribution in [3.05, 3.63) is 0 Å². The Balaban J connectivity index is 2.74. The van der Waals surface area contributed by atoms with Gasteiger partial charge in [-0.2, -0.15) is 0 Å². The lowest BCUT2D eigenvalue weighted by atomic mass is 9.85. The second kappa shape index (κ2) is 6.07. The van der Waals surface area contributed by atoms with Crippen molar-refractivity contribution in [3.63, 3.8) is 0 Å². The first kappa shape index (κ1) is 16.2. The summed E-state index contributed by atoms with van der Waals surface area (Å²) in [6.45, 7) is 17.4. The van der Waals surface area contributed by atoms with Gasteiger partial charge in [-0.3, -0.25) is 0 Å². The van der Waals surface area contributed by atoms with Gasteiger partial charge in [0.05, 0.1) is 0 Å². The monoisotopic (exact) mass is 305 g/mol. The summed E-state index contributed by atoms with van der Waals surface area (Å²) in [5.74, 6) is 0. The highest BCUT2D eigenvalue weighted by molar-refractivity contribution is 8.87. The zero-order valence-corrected chi connectivity index (χ0v) is 16.2. The summed E-state index contributed by atoms with van der Waals surface area (Å²) < 4.78 is 2.98. The normalized spacial score (nSPS) is 22.6. The topological polar surface area (TPSA) is 3.24 Å². The SMILES string of the molecule is CCCC1CB(N([Si](C)(C)C)[Si](C)(C)C)SS1.